The van der Waals surface area contributed by atoms with Gasteiger partial charge < -0.3 is 28.4 Å². The van der Waals surface area contributed by atoms with Crippen LogP contribution in [0, 0.1) is 0 Å². The van der Waals surface area contributed by atoms with Crippen LogP contribution in [-0.2, 0) is 24.6 Å². The van der Waals surface area contributed by atoms with Gasteiger partial charge in [-0.1, -0.05) is 91.0 Å². The fourth-order valence-electron chi connectivity index (χ4n) is 5.60. The van der Waals surface area contributed by atoms with Crippen molar-refractivity contribution in [2.45, 2.75) is 19.8 Å². The number of methoxy groups -OCH3 is 3. The Hall–Kier alpha value is -6.02. The molecule has 48 heavy (non-hydrogen) atoms. The predicted octanol–water partition coefficient (Wildman–Crippen LogP) is 7.88. The van der Waals surface area contributed by atoms with Crippen LogP contribution < -0.4 is 23.7 Å². The molecule has 0 saturated heterocycles. The molecule has 6 rings (SSSR count). The molecule has 0 radical (unpaired) electrons. The lowest BCUT2D eigenvalue weighted by Gasteiger charge is -2.26. The molecule has 0 aromatic heterocycles. The van der Waals surface area contributed by atoms with E-state index in [0.717, 1.165) is 16.7 Å². The predicted molar refractivity (Wildman–Crippen MR) is 181 cm³/mol. The number of hydrogen-bond donors (Lipinski definition) is 0. The molecule has 0 spiro atoms. The Morgan fingerprint density at radius 1 is 0.417 bits per heavy atom. The Bertz CT molecular complexity index is 1950. The maximum absolute atomic E-state index is 14.9. The third-order valence-corrected chi connectivity index (χ3v) is 7.92. The quantitative estimate of drug-likeness (QED) is 0.128. The lowest BCUT2D eigenvalue weighted by molar-refractivity contribution is 0.0917. The molecule has 0 amide bonds. The van der Waals surface area contributed by atoms with E-state index in [-0.39, 0.29) is 65.1 Å². The zero-order valence-electron chi connectivity index (χ0n) is 26.9. The third kappa shape index (κ3) is 6.46. The second-order valence-electron chi connectivity index (χ2n) is 10.9. The summed E-state index contributed by atoms with van der Waals surface area (Å²) in [5, 5.41) is 0. The highest BCUT2D eigenvalue weighted by molar-refractivity contribution is 6.42. The minimum Gasteiger partial charge on any atom is -0.493 e. The molecular weight excluding hydrogens is 608 g/mol. The van der Waals surface area contributed by atoms with Gasteiger partial charge >= 0.3 is 0 Å². The molecule has 0 fully saturated rings. The number of carbonyl (C=O) groups is 2. The van der Waals surface area contributed by atoms with Crippen LogP contribution in [0.5, 0.6) is 28.7 Å². The van der Waals surface area contributed by atoms with Gasteiger partial charge in [0.25, 0.3) is 0 Å². The van der Waals surface area contributed by atoms with Crippen molar-refractivity contribution in [1.82, 2.24) is 0 Å². The number of fused-ring (bicyclic) bond motifs is 1. The summed E-state index contributed by atoms with van der Waals surface area (Å²) in [5.74, 6) is 0.0447. The fraction of sp³-hybridized carbons (Fsp3) is 0.150. The van der Waals surface area contributed by atoms with Crippen LogP contribution in [0.4, 0.5) is 0 Å². The second kappa shape index (κ2) is 14.6. The van der Waals surface area contributed by atoms with Crippen LogP contribution >= 0.6 is 0 Å². The first kappa shape index (κ1) is 31.9. The molecule has 242 valence electrons. The van der Waals surface area contributed by atoms with Gasteiger partial charge in [0, 0.05) is 0 Å². The van der Waals surface area contributed by atoms with Gasteiger partial charge in [0.15, 0.2) is 17.3 Å². The average molecular weight is 643 g/mol. The normalized spacial score (nSPS) is 12.3. The minimum absolute atomic E-state index is 0.0430. The van der Waals surface area contributed by atoms with E-state index < -0.39 is 11.6 Å². The van der Waals surface area contributed by atoms with Crippen molar-refractivity contribution < 1.29 is 38.0 Å². The molecule has 0 saturated carbocycles. The van der Waals surface area contributed by atoms with Gasteiger partial charge in [-0.3, -0.25) is 9.59 Å². The van der Waals surface area contributed by atoms with Crippen molar-refractivity contribution in [2.75, 3.05) is 21.3 Å². The van der Waals surface area contributed by atoms with Crippen molar-refractivity contribution in [3.05, 3.63) is 154 Å². The van der Waals surface area contributed by atoms with Crippen LogP contribution in [-0.4, -0.2) is 32.9 Å². The van der Waals surface area contributed by atoms with Crippen molar-refractivity contribution in [2.24, 2.45) is 0 Å². The summed E-state index contributed by atoms with van der Waals surface area (Å²) in [7, 11) is 4.30. The molecule has 8 heteroatoms. The van der Waals surface area contributed by atoms with Crippen LogP contribution in [0.2, 0.25) is 0 Å². The van der Waals surface area contributed by atoms with Crippen molar-refractivity contribution in [3.8, 4) is 28.7 Å². The minimum atomic E-state index is -0.547. The lowest BCUT2D eigenvalue weighted by atomic mass is 9.83. The summed E-state index contributed by atoms with van der Waals surface area (Å²) in [6.07, 6.45) is 0. The van der Waals surface area contributed by atoms with Gasteiger partial charge in [0.2, 0.25) is 11.6 Å². The van der Waals surface area contributed by atoms with E-state index in [4.69, 9.17) is 28.4 Å². The van der Waals surface area contributed by atoms with Crippen LogP contribution in [0.15, 0.2) is 121 Å². The summed E-state index contributed by atoms with van der Waals surface area (Å²) >= 11 is 0. The van der Waals surface area contributed by atoms with Gasteiger partial charge in [-0.05, 0) is 41.0 Å². The first-order chi connectivity index (χ1) is 23.5. The topological polar surface area (TPSA) is 89.5 Å². The number of rotatable bonds is 13. The lowest BCUT2D eigenvalue weighted by Crippen LogP contribution is -2.25. The maximum Gasteiger partial charge on any atom is 0.232 e. The smallest absolute Gasteiger partial charge is 0.232 e. The highest BCUT2D eigenvalue weighted by Gasteiger charge is 2.41. The van der Waals surface area contributed by atoms with Crippen LogP contribution in [0.25, 0.3) is 5.57 Å². The molecule has 0 aliphatic heterocycles. The van der Waals surface area contributed by atoms with Gasteiger partial charge in [-0.2, -0.15) is 0 Å². The van der Waals surface area contributed by atoms with Gasteiger partial charge in [-0.25, -0.2) is 0 Å². The number of ketones is 2. The Morgan fingerprint density at radius 3 is 1.21 bits per heavy atom. The van der Waals surface area contributed by atoms with Crippen molar-refractivity contribution >= 4 is 17.1 Å². The second-order valence-corrected chi connectivity index (χ2v) is 10.9. The SMILES string of the molecule is COC1=C(c2c(OCc3ccccc3)ccc(OC)c2OC)C(=O)c2c(OCc3ccccc3)ccc(OCc3ccccc3)c2C1=O. The fourth-order valence-corrected chi connectivity index (χ4v) is 5.60. The summed E-state index contributed by atoms with van der Waals surface area (Å²) < 4.78 is 35.9. The Kier molecular flexibility index (Phi) is 9.72. The molecule has 0 bridgehead atoms. The Labute approximate surface area is 279 Å². The molecule has 0 unspecified atom stereocenters. The standard InChI is InChI=1S/C40H34O8/c1-43-32-22-21-31(48-25-28-17-11-6-12-18-28)35(39(32)44-2)36-37(41)33-29(46-23-26-13-7-4-8-14-26)19-20-30(34(33)38(42)40(36)45-3)47-24-27-15-9-5-10-16-27/h4-22H,23-25H2,1-3H3. The number of carbonyl (C=O) groups excluding carboxylic acids is 2. The molecule has 5 aromatic rings. The number of Topliss-reactive ketones (excluding diaryl/α,β-unsaturated/α-hetero) is 2. The molecule has 1 aliphatic carbocycles. The largest absolute Gasteiger partial charge is 0.493 e. The Morgan fingerprint density at radius 2 is 0.812 bits per heavy atom. The molecule has 1 aliphatic rings. The van der Waals surface area contributed by atoms with E-state index in [9.17, 15) is 9.59 Å². The van der Waals surface area contributed by atoms with E-state index in [1.165, 1.54) is 21.3 Å². The van der Waals surface area contributed by atoms with Gasteiger partial charge in [0.05, 0.1) is 43.6 Å². The van der Waals surface area contributed by atoms with Gasteiger partial charge in [-0.15, -0.1) is 0 Å². The first-order valence-electron chi connectivity index (χ1n) is 15.3. The van der Waals surface area contributed by atoms with E-state index in [2.05, 4.69) is 0 Å². The molecule has 0 atom stereocenters. The zero-order chi connectivity index (χ0) is 33.5. The number of benzene rings is 5. The average Bonchev–Trinajstić information content (AvgIpc) is 3.14. The third-order valence-electron chi connectivity index (χ3n) is 7.92. The number of allylic oxidation sites excluding steroid dienone is 2. The van der Waals surface area contributed by atoms with Gasteiger partial charge in [0.1, 0.15) is 37.1 Å². The van der Waals surface area contributed by atoms with Crippen molar-refractivity contribution in [1.29, 1.82) is 0 Å². The highest BCUT2D eigenvalue weighted by Crippen LogP contribution is 2.48. The Balaban J connectivity index is 1.50. The van der Waals surface area contributed by atoms with Crippen LogP contribution in [0.1, 0.15) is 43.0 Å². The number of hydrogen-bond acceptors (Lipinski definition) is 8. The van der Waals surface area contributed by atoms with E-state index in [1.807, 2.05) is 91.0 Å². The monoisotopic (exact) mass is 642 g/mol. The van der Waals surface area contributed by atoms with Crippen LogP contribution in [0.3, 0.4) is 0 Å². The summed E-state index contributed by atoms with van der Waals surface area (Å²) in [6.45, 7) is 0.544. The van der Waals surface area contributed by atoms with Crippen molar-refractivity contribution in [3.63, 3.8) is 0 Å². The molecule has 0 heterocycles. The molecule has 8 nitrogen and oxygen atoms in total. The highest BCUT2D eigenvalue weighted by atomic mass is 16.5. The molecule has 5 aromatic carbocycles. The zero-order valence-corrected chi connectivity index (χ0v) is 26.9. The number of ether oxygens (including phenoxy) is 6. The maximum atomic E-state index is 14.9. The summed E-state index contributed by atoms with van der Waals surface area (Å²) in [6, 6.07) is 35.4. The molecule has 0 N–H and O–H groups in total. The first-order valence-corrected chi connectivity index (χ1v) is 15.3. The molecular formula is C40H34O8. The van der Waals surface area contributed by atoms with E-state index >= 15 is 0 Å². The summed E-state index contributed by atoms with van der Waals surface area (Å²) in [5.41, 5.74) is 2.98. The van der Waals surface area contributed by atoms with E-state index in [0.29, 0.717) is 11.5 Å². The van der Waals surface area contributed by atoms with E-state index in [1.54, 1.807) is 24.3 Å². The summed E-state index contributed by atoms with van der Waals surface area (Å²) in [4.78, 5) is 29.4.